The highest BCUT2D eigenvalue weighted by Gasteiger charge is 2.35. The summed E-state index contributed by atoms with van der Waals surface area (Å²) in [5.74, 6) is -1.12. The third-order valence-electron chi connectivity index (χ3n) is 11.7. The topological polar surface area (TPSA) is 188 Å². The predicted octanol–water partition coefficient (Wildman–Crippen LogP) is 9.10. The first kappa shape index (κ1) is 50.9. The van der Waals surface area contributed by atoms with Crippen molar-refractivity contribution in [1.29, 1.82) is 0 Å². The second-order valence-corrected chi connectivity index (χ2v) is 17.0. The van der Waals surface area contributed by atoms with Gasteiger partial charge in [0.2, 0.25) is 0 Å². The zero-order valence-electron chi connectivity index (χ0n) is 39.7. The largest absolute Gasteiger partial charge is 0.416 e. The smallest absolute Gasteiger partial charge is 0.392 e. The van der Waals surface area contributed by atoms with E-state index in [1.54, 1.807) is 75.2 Å². The van der Waals surface area contributed by atoms with E-state index in [2.05, 4.69) is 46.8 Å². The Balaban J connectivity index is 0.000000209. The maximum absolute atomic E-state index is 13.7. The van der Waals surface area contributed by atoms with E-state index >= 15 is 0 Å². The molecule has 0 radical (unpaired) electrons. The van der Waals surface area contributed by atoms with E-state index in [9.17, 15) is 41.0 Å². The first-order valence-corrected chi connectivity index (χ1v) is 21.9. The van der Waals surface area contributed by atoms with Crippen molar-refractivity contribution in [3.63, 3.8) is 0 Å². The van der Waals surface area contributed by atoms with Crippen LogP contribution in [0.4, 0.5) is 37.7 Å². The Morgan fingerprint density at radius 1 is 0.620 bits per heavy atom. The monoisotopic (exact) mass is 981 g/mol. The fourth-order valence-electron chi connectivity index (χ4n) is 7.35. The van der Waals surface area contributed by atoms with E-state index in [0.29, 0.717) is 22.8 Å². The Labute approximate surface area is 403 Å². The number of nitrogens with one attached hydrogen (secondary N) is 3. The lowest BCUT2D eigenvalue weighted by Gasteiger charge is -2.17. The van der Waals surface area contributed by atoms with Crippen molar-refractivity contribution < 1.29 is 41.0 Å². The molecule has 4 aromatic heterocycles. The summed E-state index contributed by atoms with van der Waals surface area (Å²) in [4.78, 5) is 25.8. The van der Waals surface area contributed by atoms with Crippen molar-refractivity contribution in [3.8, 4) is 33.9 Å². The van der Waals surface area contributed by atoms with Gasteiger partial charge in [0.05, 0.1) is 53.9 Å². The van der Waals surface area contributed by atoms with Gasteiger partial charge in [0.25, 0.3) is 11.8 Å². The van der Waals surface area contributed by atoms with Gasteiger partial charge >= 0.3 is 12.4 Å². The van der Waals surface area contributed by atoms with Crippen molar-refractivity contribution >= 4 is 23.2 Å². The lowest BCUT2D eigenvalue weighted by atomic mass is 10.0. The van der Waals surface area contributed by atoms with E-state index in [1.165, 1.54) is 22.9 Å². The van der Waals surface area contributed by atoms with Gasteiger partial charge < -0.3 is 21.1 Å². The van der Waals surface area contributed by atoms with Crippen molar-refractivity contribution in [2.24, 2.45) is 14.1 Å². The summed E-state index contributed by atoms with van der Waals surface area (Å²) in [7, 11) is 3.66. The van der Waals surface area contributed by atoms with Crippen LogP contribution in [0, 0.1) is 27.7 Å². The van der Waals surface area contributed by atoms with Gasteiger partial charge in [-0.1, -0.05) is 48.5 Å². The number of anilines is 2. The Morgan fingerprint density at radius 2 is 1.04 bits per heavy atom. The van der Waals surface area contributed by atoms with Crippen LogP contribution < -0.4 is 16.0 Å². The van der Waals surface area contributed by atoms with Crippen LogP contribution in [-0.2, 0) is 39.6 Å². The minimum absolute atomic E-state index is 0.0330. The minimum Gasteiger partial charge on any atom is -0.392 e. The Kier molecular flexibility index (Phi) is 14.7. The number of rotatable bonds is 12. The summed E-state index contributed by atoms with van der Waals surface area (Å²) in [5, 5.41) is 42.5. The molecule has 370 valence electrons. The summed E-state index contributed by atoms with van der Waals surface area (Å²) < 4.78 is 87.4. The number of aromatic nitrogens is 10. The van der Waals surface area contributed by atoms with Crippen molar-refractivity contribution in [1.82, 2.24) is 54.9 Å². The lowest BCUT2D eigenvalue weighted by Crippen LogP contribution is -2.24. The molecule has 8 aromatic rings. The van der Waals surface area contributed by atoms with E-state index in [0.717, 1.165) is 51.8 Å². The fraction of sp³-hybridized carbons (Fsp3) is 0.265. The van der Waals surface area contributed by atoms with Gasteiger partial charge in [-0.25, -0.2) is 9.36 Å². The molecule has 0 atom stereocenters. The summed E-state index contributed by atoms with van der Waals surface area (Å²) in [5.41, 5.74) is 6.23. The molecular weight excluding hydrogens is 933 g/mol. The number of aliphatic hydroxyl groups is 1. The number of benzene rings is 4. The number of alkyl halides is 6. The van der Waals surface area contributed by atoms with Crippen LogP contribution in [-0.4, -0.2) is 72.5 Å². The third-order valence-corrected chi connectivity index (χ3v) is 11.7. The molecule has 0 bridgehead atoms. The normalized spacial score (nSPS) is 11.7. The van der Waals surface area contributed by atoms with Crippen LogP contribution in [0.15, 0.2) is 97.6 Å². The van der Waals surface area contributed by atoms with Crippen molar-refractivity contribution in [2.75, 3.05) is 10.6 Å². The molecule has 0 fully saturated rings. The standard InChI is InChI=1S/C26H28F3N7O.C23H21F3N6O2/c1-15(2)30-12-19-8-9-20(11-22(19)26(27,28)29)32-25(37)18-7-6-16(3)24(10-18)36-14-23(33-34-36)21-13-31-35(5)17(21)4;1-13-4-5-15(22(34)28-17-7-6-16(12-33)19(9-17)23(24,25)26)8-21(13)32-11-20(29-30-32)18-10-27-31(3)14(18)2/h6-11,13-15,30H,12H2,1-5H3,(H,32,37);4-11,33H,12H2,1-3H3,(H,28,34). The molecule has 22 heteroatoms. The number of aryl methyl sites for hydroxylation is 4. The molecule has 0 spiro atoms. The highest BCUT2D eigenvalue weighted by Crippen LogP contribution is 2.36. The molecule has 8 rings (SSSR count). The van der Waals surface area contributed by atoms with Gasteiger partial charge in [-0.15, -0.1) is 10.2 Å². The number of carbonyl (C=O) groups is 2. The lowest BCUT2D eigenvalue weighted by molar-refractivity contribution is -0.139. The molecule has 0 aliphatic rings. The fourth-order valence-corrected chi connectivity index (χ4v) is 7.35. The van der Waals surface area contributed by atoms with E-state index in [-0.39, 0.29) is 46.2 Å². The minimum atomic E-state index is -4.66. The van der Waals surface area contributed by atoms with E-state index in [1.807, 2.05) is 55.6 Å². The van der Waals surface area contributed by atoms with Crippen LogP contribution in [0.1, 0.15) is 79.3 Å². The molecule has 0 aliphatic heterocycles. The molecule has 4 aromatic carbocycles. The van der Waals surface area contributed by atoms with Crippen LogP contribution in [0.5, 0.6) is 0 Å². The van der Waals surface area contributed by atoms with Gasteiger partial charge in [-0.2, -0.15) is 36.5 Å². The van der Waals surface area contributed by atoms with E-state index in [4.69, 9.17) is 0 Å². The molecule has 2 amide bonds. The van der Waals surface area contributed by atoms with Gasteiger partial charge in [-0.05, 0) is 98.5 Å². The van der Waals surface area contributed by atoms with Crippen LogP contribution in [0.2, 0.25) is 0 Å². The Hall–Kier alpha value is -7.98. The third kappa shape index (κ3) is 11.6. The molecule has 0 aliphatic carbocycles. The van der Waals surface area contributed by atoms with Crippen molar-refractivity contribution in [3.05, 3.63) is 153 Å². The number of hydrogen-bond acceptors (Lipinski definition) is 10. The molecule has 0 saturated carbocycles. The highest BCUT2D eigenvalue weighted by atomic mass is 19.4. The predicted molar refractivity (Wildman–Crippen MR) is 253 cm³/mol. The Bertz CT molecular complexity index is 3240. The number of halogens is 6. The molecule has 71 heavy (non-hydrogen) atoms. The van der Waals surface area contributed by atoms with Gasteiger partial charge in [-0.3, -0.25) is 19.0 Å². The number of carbonyl (C=O) groups excluding carboxylic acids is 2. The summed E-state index contributed by atoms with van der Waals surface area (Å²) in [6, 6.07) is 17.0. The summed E-state index contributed by atoms with van der Waals surface area (Å²) >= 11 is 0. The SMILES string of the molecule is Cc1ccc(C(=O)Nc2ccc(CNC(C)C)c(C(F)(F)F)c2)cc1-n1cc(-c2cnn(C)c2C)nn1.Cc1ccc(C(=O)Nc2ccc(CO)c(C(F)(F)F)c2)cc1-n1cc(-c2cnn(C)c2C)nn1. The molecule has 0 unspecified atom stereocenters. The summed E-state index contributed by atoms with van der Waals surface area (Å²) in [6.07, 6.45) is -2.35. The molecule has 0 saturated heterocycles. The zero-order valence-corrected chi connectivity index (χ0v) is 39.7. The van der Waals surface area contributed by atoms with Crippen molar-refractivity contribution in [2.45, 2.75) is 73.1 Å². The average molecular weight is 982 g/mol. The maximum Gasteiger partial charge on any atom is 0.416 e. The van der Waals surface area contributed by atoms with Crippen LogP contribution in [0.25, 0.3) is 33.9 Å². The molecule has 4 N–H and O–H groups in total. The van der Waals surface area contributed by atoms with Crippen LogP contribution in [0.3, 0.4) is 0 Å². The second-order valence-electron chi connectivity index (χ2n) is 17.0. The van der Waals surface area contributed by atoms with Gasteiger partial charge in [0, 0.05) is 71.7 Å². The number of nitrogens with zero attached hydrogens (tertiary/aromatic N) is 10. The van der Waals surface area contributed by atoms with Gasteiger partial charge in [0.1, 0.15) is 11.4 Å². The maximum atomic E-state index is 13.7. The highest BCUT2D eigenvalue weighted by molar-refractivity contribution is 6.05. The number of hydrogen-bond donors (Lipinski definition) is 4. The number of aliphatic hydroxyl groups excluding tert-OH is 1. The van der Waals surface area contributed by atoms with Crippen LogP contribution >= 0.6 is 0 Å². The Morgan fingerprint density at radius 3 is 1.42 bits per heavy atom. The zero-order chi connectivity index (χ0) is 51.5. The average Bonchev–Trinajstić information content (AvgIpc) is 4.14. The quantitative estimate of drug-likeness (QED) is 0.0861. The number of amides is 2. The first-order chi connectivity index (χ1) is 33.5. The molecule has 16 nitrogen and oxygen atoms in total. The molecular formula is C49H49F6N13O3. The molecule has 4 heterocycles. The van der Waals surface area contributed by atoms with Gasteiger partial charge in [0.15, 0.2) is 0 Å². The van der Waals surface area contributed by atoms with E-state index < -0.39 is 41.9 Å². The summed E-state index contributed by atoms with van der Waals surface area (Å²) in [6.45, 7) is 10.6. The second kappa shape index (κ2) is 20.5. The first-order valence-electron chi connectivity index (χ1n) is 21.9.